The summed E-state index contributed by atoms with van der Waals surface area (Å²) in [5.41, 5.74) is 0.876. The third kappa shape index (κ3) is 4.91. The molecule has 40 heavy (non-hydrogen) atoms. The van der Waals surface area contributed by atoms with Crippen LogP contribution in [0.4, 0.5) is 0 Å². The molecular formula is C28H30BrClN4O5S. The zero-order valence-corrected chi connectivity index (χ0v) is 25.2. The van der Waals surface area contributed by atoms with Crippen molar-refractivity contribution >= 4 is 49.4 Å². The first-order valence-corrected chi connectivity index (χ1v) is 16.0. The average molecular weight is 650 g/mol. The van der Waals surface area contributed by atoms with E-state index < -0.39 is 22.1 Å². The van der Waals surface area contributed by atoms with Crippen molar-refractivity contribution in [2.75, 3.05) is 26.7 Å². The number of fused-ring (bicyclic) bond motifs is 1. The molecule has 1 aliphatic carbocycles. The van der Waals surface area contributed by atoms with Gasteiger partial charge in [-0.2, -0.15) is 0 Å². The molecule has 9 nitrogen and oxygen atoms in total. The number of amides is 2. The Morgan fingerprint density at radius 1 is 1.02 bits per heavy atom. The molecule has 2 saturated heterocycles. The molecule has 0 radical (unpaired) electrons. The molecule has 4 aliphatic rings. The number of benzene rings is 2. The second-order valence-electron chi connectivity index (χ2n) is 10.6. The molecule has 212 valence electrons. The summed E-state index contributed by atoms with van der Waals surface area (Å²) < 4.78 is 36.4. The number of sulfonamides is 1. The van der Waals surface area contributed by atoms with E-state index in [4.69, 9.17) is 16.3 Å². The van der Waals surface area contributed by atoms with Gasteiger partial charge in [-0.25, -0.2) is 12.7 Å². The lowest BCUT2D eigenvalue weighted by molar-refractivity contribution is -0.151. The predicted octanol–water partition coefficient (Wildman–Crippen LogP) is 3.82. The molecular weight excluding hydrogens is 620 g/mol. The van der Waals surface area contributed by atoms with E-state index in [1.165, 1.54) is 28.4 Å². The maximum Gasteiger partial charge on any atom is 0.269 e. The fraction of sp³-hybridized carbons (Fsp3) is 0.429. The van der Waals surface area contributed by atoms with Gasteiger partial charge >= 0.3 is 0 Å². The van der Waals surface area contributed by atoms with Crippen LogP contribution in [0.3, 0.4) is 0 Å². The minimum absolute atomic E-state index is 0.00812. The summed E-state index contributed by atoms with van der Waals surface area (Å²) in [6, 6.07) is 10.5. The van der Waals surface area contributed by atoms with E-state index in [2.05, 4.69) is 15.9 Å². The molecule has 0 bridgehead atoms. The maximum atomic E-state index is 14.4. The van der Waals surface area contributed by atoms with E-state index in [0.29, 0.717) is 13.1 Å². The molecule has 0 N–H and O–H groups in total. The van der Waals surface area contributed by atoms with Crippen LogP contribution in [-0.4, -0.2) is 84.1 Å². The van der Waals surface area contributed by atoms with Crippen LogP contribution in [0.25, 0.3) is 0 Å². The Morgan fingerprint density at radius 3 is 2.38 bits per heavy atom. The summed E-state index contributed by atoms with van der Waals surface area (Å²) in [4.78, 5) is 33.2. The topological polar surface area (TPSA) is 90.5 Å². The fourth-order valence-corrected chi connectivity index (χ4v) is 7.95. The SMILES string of the molecule is COc1ccc(Cl)cc1S(=O)(=O)N1CC(N2CCCC2)C(=O)N2C1=CN(C1CC1)C(=O)C2Cc1ccc(Br)cc1. The number of likely N-dealkylation sites (tertiary alicyclic amines) is 1. The van der Waals surface area contributed by atoms with Gasteiger partial charge in [-0.15, -0.1) is 0 Å². The normalized spacial score (nSPS) is 23.9. The number of carbonyl (C=O) groups is 2. The van der Waals surface area contributed by atoms with Crippen LogP contribution in [0.1, 0.15) is 31.2 Å². The Balaban J connectivity index is 1.49. The number of hydrogen-bond donors (Lipinski definition) is 0. The summed E-state index contributed by atoms with van der Waals surface area (Å²) in [6.45, 7) is 1.32. The van der Waals surface area contributed by atoms with Gasteiger partial charge in [-0.05, 0) is 74.7 Å². The zero-order chi connectivity index (χ0) is 28.2. The number of methoxy groups -OCH3 is 1. The number of rotatable bonds is 7. The van der Waals surface area contributed by atoms with Gasteiger partial charge in [0.15, 0.2) is 0 Å². The highest BCUT2D eigenvalue weighted by molar-refractivity contribution is 9.10. The van der Waals surface area contributed by atoms with Gasteiger partial charge in [0.05, 0.1) is 13.7 Å². The smallest absolute Gasteiger partial charge is 0.269 e. The number of carbonyl (C=O) groups excluding carboxylic acids is 2. The Bertz CT molecular complexity index is 1470. The Kier molecular flexibility index (Phi) is 7.35. The van der Waals surface area contributed by atoms with Crippen LogP contribution in [0.15, 0.2) is 63.9 Å². The van der Waals surface area contributed by atoms with Crippen molar-refractivity contribution in [3.05, 3.63) is 69.5 Å². The molecule has 2 unspecified atom stereocenters. The summed E-state index contributed by atoms with van der Waals surface area (Å²) in [5.74, 6) is -0.0922. The first-order chi connectivity index (χ1) is 19.2. The van der Waals surface area contributed by atoms with Crippen LogP contribution >= 0.6 is 27.5 Å². The van der Waals surface area contributed by atoms with Crippen molar-refractivity contribution < 1.29 is 22.7 Å². The molecule has 3 heterocycles. The zero-order valence-electron chi connectivity index (χ0n) is 22.0. The van der Waals surface area contributed by atoms with Crippen molar-refractivity contribution in [3.8, 4) is 5.75 Å². The number of halogens is 2. The van der Waals surface area contributed by atoms with E-state index in [9.17, 15) is 18.0 Å². The summed E-state index contributed by atoms with van der Waals surface area (Å²) in [7, 11) is -2.84. The van der Waals surface area contributed by atoms with Crippen molar-refractivity contribution in [3.63, 3.8) is 0 Å². The maximum absolute atomic E-state index is 14.4. The fourth-order valence-electron chi connectivity index (χ4n) is 5.81. The summed E-state index contributed by atoms with van der Waals surface area (Å²) in [5, 5.41) is 0.251. The number of nitrogens with zero attached hydrogens (tertiary/aromatic N) is 4. The molecule has 6 rings (SSSR count). The Hall–Kier alpha value is -2.60. The lowest BCUT2D eigenvalue weighted by atomic mass is 9.99. The third-order valence-corrected chi connectivity index (χ3v) is 10.6. The van der Waals surface area contributed by atoms with Crippen LogP contribution < -0.4 is 4.74 Å². The van der Waals surface area contributed by atoms with Gasteiger partial charge in [-0.1, -0.05) is 39.7 Å². The second kappa shape index (κ2) is 10.7. The van der Waals surface area contributed by atoms with E-state index in [1.807, 2.05) is 29.2 Å². The molecule has 12 heteroatoms. The minimum Gasteiger partial charge on any atom is -0.495 e. The lowest BCUT2D eigenvalue weighted by Crippen LogP contribution is -2.67. The van der Waals surface area contributed by atoms with Crippen molar-refractivity contribution in [2.24, 2.45) is 0 Å². The van der Waals surface area contributed by atoms with Crippen LogP contribution in [0.5, 0.6) is 5.75 Å². The Morgan fingerprint density at radius 2 is 1.73 bits per heavy atom. The van der Waals surface area contributed by atoms with E-state index in [-0.39, 0.29) is 52.3 Å². The molecule has 2 aromatic rings. The highest BCUT2D eigenvalue weighted by atomic mass is 79.9. The van der Waals surface area contributed by atoms with Crippen LogP contribution in [-0.2, 0) is 26.0 Å². The van der Waals surface area contributed by atoms with Crippen LogP contribution in [0, 0.1) is 0 Å². The summed E-state index contributed by atoms with van der Waals surface area (Å²) in [6.07, 6.45) is 5.35. The van der Waals surface area contributed by atoms with Gasteiger partial charge in [0.25, 0.3) is 10.0 Å². The molecule has 0 aromatic heterocycles. The molecule has 2 atom stereocenters. The first-order valence-electron chi connectivity index (χ1n) is 13.4. The van der Waals surface area contributed by atoms with Crippen molar-refractivity contribution in [1.82, 2.24) is 19.0 Å². The van der Waals surface area contributed by atoms with Gasteiger partial charge in [0, 0.05) is 28.2 Å². The average Bonchev–Trinajstić information content (AvgIpc) is 3.64. The monoisotopic (exact) mass is 648 g/mol. The molecule has 2 aromatic carbocycles. The first kappa shape index (κ1) is 27.6. The van der Waals surface area contributed by atoms with Crippen molar-refractivity contribution in [1.29, 1.82) is 0 Å². The lowest BCUT2D eigenvalue weighted by Gasteiger charge is -2.49. The molecule has 1 saturated carbocycles. The third-order valence-electron chi connectivity index (χ3n) is 8.03. The quantitative estimate of drug-likeness (QED) is 0.453. The standard InChI is InChI=1S/C28H30BrClN4O5S/c1-39-24-11-8-20(30)15-25(24)40(37,38)33-16-23(31-12-2-3-13-31)28(36)34-22(14-18-4-6-19(29)7-5-18)27(35)32(17-26(33)34)21-9-10-21/h4-8,11,15,17,21-23H,2-3,9-10,12-14,16H2,1H3. The second-order valence-corrected chi connectivity index (χ2v) is 13.8. The number of hydrogen-bond acceptors (Lipinski definition) is 6. The predicted molar refractivity (Wildman–Crippen MR) is 153 cm³/mol. The molecule has 2 amide bonds. The van der Waals surface area contributed by atoms with Crippen LogP contribution in [0.2, 0.25) is 5.02 Å². The Labute approximate surface area is 247 Å². The van der Waals surface area contributed by atoms with E-state index in [1.54, 1.807) is 17.2 Å². The highest BCUT2D eigenvalue weighted by Gasteiger charge is 2.53. The summed E-state index contributed by atoms with van der Waals surface area (Å²) >= 11 is 9.70. The van der Waals surface area contributed by atoms with Gasteiger partial charge in [-0.3, -0.25) is 19.4 Å². The van der Waals surface area contributed by atoms with Crippen molar-refractivity contribution in [2.45, 2.75) is 55.1 Å². The van der Waals surface area contributed by atoms with Gasteiger partial charge in [0.2, 0.25) is 11.8 Å². The molecule has 3 aliphatic heterocycles. The van der Waals surface area contributed by atoms with Gasteiger partial charge in [0.1, 0.15) is 28.5 Å². The minimum atomic E-state index is -4.24. The molecule has 0 spiro atoms. The largest absolute Gasteiger partial charge is 0.495 e. The number of ether oxygens (including phenoxy) is 1. The van der Waals surface area contributed by atoms with Gasteiger partial charge < -0.3 is 9.64 Å². The van der Waals surface area contributed by atoms with E-state index in [0.717, 1.165) is 35.7 Å². The molecule has 3 fully saturated rings. The van der Waals surface area contributed by atoms with E-state index >= 15 is 0 Å². The highest BCUT2D eigenvalue weighted by Crippen LogP contribution is 2.40.